The van der Waals surface area contributed by atoms with E-state index < -0.39 is 12.1 Å². The van der Waals surface area contributed by atoms with Crippen LogP contribution >= 0.6 is 0 Å². The molecule has 0 amide bonds. The van der Waals surface area contributed by atoms with Gasteiger partial charge in [-0.15, -0.1) is 0 Å². The van der Waals surface area contributed by atoms with Crippen molar-refractivity contribution >= 4 is 22.7 Å². The maximum atomic E-state index is 12.7. The van der Waals surface area contributed by atoms with E-state index in [0.717, 1.165) is 27.6 Å². The van der Waals surface area contributed by atoms with E-state index in [-0.39, 0.29) is 5.78 Å². The van der Waals surface area contributed by atoms with Gasteiger partial charge in [0.25, 0.3) is 0 Å². The SMILES string of the molecule is Cc1cc(C)c(C(=O)C(C)OC(=O)c2ccc3cn[nH]c3c2)cc1C. The molecule has 3 rings (SSSR count). The molecule has 0 aliphatic carbocycles. The number of H-pyrrole nitrogens is 1. The van der Waals surface area contributed by atoms with E-state index in [4.69, 9.17) is 4.74 Å². The smallest absolute Gasteiger partial charge is 0.338 e. The number of fused-ring (bicyclic) bond motifs is 1. The number of ketones is 1. The lowest BCUT2D eigenvalue weighted by atomic mass is 9.96. The van der Waals surface area contributed by atoms with Gasteiger partial charge in [0.1, 0.15) is 0 Å². The van der Waals surface area contributed by atoms with Gasteiger partial charge in [0.15, 0.2) is 6.10 Å². The van der Waals surface area contributed by atoms with Crippen LogP contribution in [0.2, 0.25) is 0 Å². The van der Waals surface area contributed by atoms with E-state index in [9.17, 15) is 9.59 Å². The van der Waals surface area contributed by atoms with E-state index in [1.807, 2.05) is 32.9 Å². The monoisotopic (exact) mass is 336 g/mol. The minimum atomic E-state index is -0.856. The number of aryl methyl sites for hydroxylation is 3. The first-order valence-electron chi connectivity index (χ1n) is 8.13. The number of nitrogens with one attached hydrogen (secondary N) is 1. The number of hydrogen-bond acceptors (Lipinski definition) is 4. The second kappa shape index (κ2) is 6.51. The molecule has 0 saturated heterocycles. The molecule has 0 radical (unpaired) electrons. The van der Waals surface area contributed by atoms with E-state index in [2.05, 4.69) is 10.2 Å². The fourth-order valence-electron chi connectivity index (χ4n) is 2.79. The largest absolute Gasteiger partial charge is 0.451 e. The second-order valence-corrected chi connectivity index (χ2v) is 6.34. The Morgan fingerprint density at radius 1 is 1.04 bits per heavy atom. The van der Waals surface area contributed by atoms with Crippen molar-refractivity contribution in [1.29, 1.82) is 0 Å². The fourth-order valence-corrected chi connectivity index (χ4v) is 2.79. The highest BCUT2D eigenvalue weighted by Gasteiger charge is 2.22. The molecule has 0 aliphatic rings. The topological polar surface area (TPSA) is 72.1 Å². The maximum absolute atomic E-state index is 12.7. The summed E-state index contributed by atoms with van der Waals surface area (Å²) in [5.74, 6) is -0.726. The molecule has 3 aromatic rings. The first-order valence-corrected chi connectivity index (χ1v) is 8.13. The third-order valence-electron chi connectivity index (χ3n) is 4.44. The second-order valence-electron chi connectivity index (χ2n) is 6.34. The van der Waals surface area contributed by atoms with Crippen LogP contribution in [0.4, 0.5) is 0 Å². The average Bonchev–Trinajstić information content (AvgIpc) is 3.05. The van der Waals surface area contributed by atoms with Crippen LogP contribution in [-0.2, 0) is 4.74 Å². The van der Waals surface area contributed by atoms with Gasteiger partial charge in [0.2, 0.25) is 5.78 Å². The molecule has 2 aromatic carbocycles. The van der Waals surface area contributed by atoms with Crippen molar-refractivity contribution < 1.29 is 14.3 Å². The Kier molecular flexibility index (Phi) is 4.40. The number of nitrogens with zero attached hydrogens (tertiary/aromatic N) is 1. The molecule has 0 saturated carbocycles. The Morgan fingerprint density at radius 3 is 2.52 bits per heavy atom. The van der Waals surface area contributed by atoms with Crippen molar-refractivity contribution in [3.63, 3.8) is 0 Å². The molecule has 1 atom stereocenters. The zero-order chi connectivity index (χ0) is 18.1. The number of ether oxygens (including phenoxy) is 1. The number of aromatic nitrogens is 2. The maximum Gasteiger partial charge on any atom is 0.338 e. The van der Waals surface area contributed by atoms with Crippen molar-refractivity contribution in [2.75, 3.05) is 0 Å². The molecule has 0 fully saturated rings. The van der Waals surface area contributed by atoms with Crippen LogP contribution in [-0.4, -0.2) is 28.1 Å². The molecule has 0 aliphatic heterocycles. The van der Waals surface area contributed by atoms with Gasteiger partial charge in [-0.05, 0) is 62.6 Å². The number of carbonyl (C=O) groups is 2. The summed E-state index contributed by atoms with van der Waals surface area (Å²) in [5.41, 5.74) is 4.78. The number of rotatable bonds is 4. The summed E-state index contributed by atoms with van der Waals surface area (Å²) >= 11 is 0. The van der Waals surface area contributed by atoms with Gasteiger partial charge in [-0.25, -0.2) is 4.79 Å². The van der Waals surface area contributed by atoms with Crippen LogP contribution in [0.3, 0.4) is 0 Å². The zero-order valence-corrected chi connectivity index (χ0v) is 14.7. The standard InChI is InChI=1S/C20H20N2O3/c1-11-7-13(3)17(8-12(11)2)19(23)14(4)25-20(24)15-5-6-16-10-21-22-18(16)9-15/h5-10,14H,1-4H3,(H,21,22). The first-order chi connectivity index (χ1) is 11.9. The predicted molar refractivity (Wildman–Crippen MR) is 96.0 cm³/mol. The zero-order valence-electron chi connectivity index (χ0n) is 14.7. The fraction of sp³-hybridized carbons (Fsp3) is 0.250. The summed E-state index contributed by atoms with van der Waals surface area (Å²) in [7, 11) is 0. The lowest BCUT2D eigenvalue weighted by Crippen LogP contribution is -2.25. The first kappa shape index (κ1) is 16.9. The quantitative estimate of drug-likeness (QED) is 0.579. The van der Waals surface area contributed by atoms with Gasteiger partial charge < -0.3 is 4.74 Å². The Hall–Kier alpha value is -2.95. The third-order valence-corrected chi connectivity index (χ3v) is 4.44. The average molecular weight is 336 g/mol. The summed E-state index contributed by atoms with van der Waals surface area (Å²) in [6.07, 6.45) is 0.824. The van der Waals surface area contributed by atoms with Crippen molar-refractivity contribution in [1.82, 2.24) is 10.2 Å². The number of benzene rings is 2. The molecule has 0 spiro atoms. The van der Waals surface area contributed by atoms with Gasteiger partial charge >= 0.3 is 5.97 Å². The molecule has 1 aromatic heterocycles. The number of hydrogen-bond donors (Lipinski definition) is 1. The van der Waals surface area contributed by atoms with E-state index >= 15 is 0 Å². The van der Waals surface area contributed by atoms with Gasteiger partial charge in [0, 0.05) is 10.9 Å². The van der Waals surface area contributed by atoms with Crippen molar-refractivity contribution in [2.24, 2.45) is 0 Å². The number of aromatic amines is 1. The van der Waals surface area contributed by atoms with Crippen LogP contribution < -0.4 is 0 Å². The number of carbonyl (C=O) groups excluding carboxylic acids is 2. The molecular weight excluding hydrogens is 316 g/mol. The summed E-state index contributed by atoms with van der Waals surface area (Å²) in [6.45, 7) is 7.46. The van der Waals surface area contributed by atoms with Crippen molar-refractivity contribution in [2.45, 2.75) is 33.8 Å². The normalized spacial score (nSPS) is 12.2. The van der Waals surface area contributed by atoms with Crippen LogP contribution in [0.25, 0.3) is 10.9 Å². The number of esters is 1. The lowest BCUT2D eigenvalue weighted by molar-refractivity contribution is 0.0318. The van der Waals surface area contributed by atoms with Crippen molar-refractivity contribution in [3.8, 4) is 0 Å². The highest BCUT2D eigenvalue weighted by molar-refractivity contribution is 6.03. The Bertz CT molecular complexity index is 972. The molecule has 5 heteroatoms. The third kappa shape index (κ3) is 3.31. The Morgan fingerprint density at radius 2 is 1.76 bits per heavy atom. The van der Waals surface area contributed by atoms with Gasteiger partial charge in [-0.2, -0.15) is 5.10 Å². The highest BCUT2D eigenvalue weighted by atomic mass is 16.5. The van der Waals surface area contributed by atoms with Crippen LogP contribution in [0.15, 0.2) is 36.5 Å². The predicted octanol–water partition coefficient (Wildman–Crippen LogP) is 3.92. The Balaban J connectivity index is 1.78. The molecule has 1 N–H and O–H groups in total. The molecule has 5 nitrogen and oxygen atoms in total. The summed E-state index contributed by atoms with van der Waals surface area (Å²) in [6, 6.07) is 8.95. The lowest BCUT2D eigenvalue weighted by Gasteiger charge is -2.15. The number of Topliss-reactive ketones (excluding diaryl/α,β-unsaturated/α-hetero) is 1. The molecule has 0 bridgehead atoms. The van der Waals surface area contributed by atoms with Crippen molar-refractivity contribution in [3.05, 3.63) is 64.3 Å². The molecule has 128 valence electrons. The van der Waals surface area contributed by atoms with Gasteiger partial charge in [0.05, 0.1) is 17.3 Å². The van der Waals surface area contributed by atoms with E-state index in [0.29, 0.717) is 11.1 Å². The summed E-state index contributed by atoms with van der Waals surface area (Å²) < 4.78 is 5.38. The summed E-state index contributed by atoms with van der Waals surface area (Å²) in [4.78, 5) is 25.0. The summed E-state index contributed by atoms with van der Waals surface area (Å²) in [5, 5.41) is 7.64. The van der Waals surface area contributed by atoms with E-state index in [1.54, 1.807) is 31.3 Å². The molecule has 1 heterocycles. The van der Waals surface area contributed by atoms with Crippen LogP contribution in [0.1, 0.15) is 44.3 Å². The highest BCUT2D eigenvalue weighted by Crippen LogP contribution is 2.19. The Labute approximate surface area is 146 Å². The van der Waals surface area contributed by atoms with Gasteiger partial charge in [-0.3, -0.25) is 9.89 Å². The minimum Gasteiger partial charge on any atom is -0.451 e. The molecule has 25 heavy (non-hydrogen) atoms. The van der Waals surface area contributed by atoms with Crippen LogP contribution in [0, 0.1) is 20.8 Å². The van der Waals surface area contributed by atoms with Gasteiger partial charge in [-0.1, -0.05) is 12.1 Å². The van der Waals surface area contributed by atoms with Crippen LogP contribution in [0.5, 0.6) is 0 Å². The molecular formula is C20H20N2O3. The van der Waals surface area contributed by atoms with E-state index in [1.165, 1.54) is 0 Å². The minimum absolute atomic E-state index is 0.198. The molecule has 1 unspecified atom stereocenters.